The van der Waals surface area contributed by atoms with Crippen LogP contribution in [0.15, 0.2) is 27.4 Å². The van der Waals surface area contributed by atoms with E-state index >= 15 is 0 Å². The molecule has 2 aromatic rings. The van der Waals surface area contributed by atoms with Crippen molar-refractivity contribution in [2.24, 2.45) is 5.73 Å². The van der Waals surface area contributed by atoms with Gasteiger partial charge in [0.2, 0.25) is 5.91 Å². The van der Waals surface area contributed by atoms with Crippen molar-refractivity contribution < 1.29 is 9.21 Å². The van der Waals surface area contributed by atoms with Crippen molar-refractivity contribution in [1.82, 2.24) is 0 Å². The van der Waals surface area contributed by atoms with E-state index < -0.39 is 0 Å². The molecule has 5 heteroatoms. The van der Waals surface area contributed by atoms with Gasteiger partial charge in [0.15, 0.2) is 0 Å². The summed E-state index contributed by atoms with van der Waals surface area (Å²) in [5, 5.41) is 0.916. The summed E-state index contributed by atoms with van der Waals surface area (Å²) in [7, 11) is 0. The van der Waals surface area contributed by atoms with Gasteiger partial charge in [-0.2, -0.15) is 0 Å². The van der Waals surface area contributed by atoms with Gasteiger partial charge in [0.1, 0.15) is 5.58 Å². The van der Waals surface area contributed by atoms with E-state index in [0.717, 1.165) is 22.1 Å². The molecule has 0 fully saturated rings. The number of rotatable bonds is 4. The summed E-state index contributed by atoms with van der Waals surface area (Å²) in [4.78, 5) is 22.3. The number of thioether (sulfide) groups is 1. The number of carbonyl (C=O) groups excluding carboxylic acids is 1. The lowest BCUT2D eigenvalue weighted by Crippen LogP contribution is -2.13. The Bertz CT molecular complexity index is 691. The van der Waals surface area contributed by atoms with Crippen LogP contribution in [0.3, 0.4) is 0 Å². The normalized spacial score (nSPS) is 10.8. The zero-order chi connectivity index (χ0) is 14.0. The molecular weight excluding hydrogens is 262 g/mol. The number of aryl methyl sites for hydroxylation is 2. The average molecular weight is 277 g/mol. The fourth-order valence-electron chi connectivity index (χ4n) is 1.86. The van der Waals surface area contributed by atoms with E-state index in [1.807, 2.05) is 26.0 Å². The Morgan fingerprint density at radius 2 is 1.95 bits per heavy atom. The molecule has 100 valence electrons. The highest BCUT2D eigenvalue weighted by Gasteiger charge is 2.08. The van der Waals surface area contributed by atoms with E-state index in [4.69, 9.17) is 10.2 Å². The van der Waals surface area contributed by atoms with Crippen molar-refractivity contribution in [2.45, 2.75) is 19.6 Å². The Morgan fingerprint density at radius 3 is 2.63 bits per heavy atom. The summed E-state index contributed by atoms with van der Waals surface area (Å²) < 4.78 is 5.21. The second-order valence-electron chi connectivity index (χ2n) is 4.48. The van der Waals surface area contributed by atoms with Gasteiger partial charge in [-0.05, 0) is 42.7 Å². The quantitative estimate of drug-likeness (QED) is 0.869. The van der Waals surface area contributed by atoms with Crippen LogP contribution in [0.1, 0.15) is 16.7 Å². The second kappa shape index (κ2) is 5.48. The van der Waals surface area contributed by atoms with Crippen LogP contribution in [0.25, 0.3) is 11.0 Å². The molecule has 19 heavy (non-hydrogen) atoms. The molecule has 0 spiro atoms. The summed E-state index contributed by atoms with van der Waals surface area (Å²) in [5.74, 6) is 0.449. The summed E-state index contributed by atoms with van der Waals surface area (Å²) in [6, 6.07) is 5.35. The van der Waals surface area contributed by atoms with Crippen LogP contribution in [0.4, 0.5) is 0 Å². The molecule has 1 aromatic carbocycles. The van der Waals surface area contributed by atoms with E-state index in [0.29, 0.717) is 11.3 Å². The fraction of sp³-hybridized carbons (Fsp3) is 0.286. The molecule has 0 aliphatic rings. The lowest BCUT2D eigenvalue weighted by atomic mass is 10.0. The zero-order valence-corrected chi connectivity index (χ0v) is 11.7. The first-order valence-electron chi connectivity index (χ1n) is 5.87. The van der Waals surface area contributed by atoms with Gasteiger partial charge in [0.25, 0.3) is 0 Å². The number of primary amides is 1. The van der Waals surface area contributed by atoms with Crippen LogP contribution in [-0.4, -0.2) is 11.7 Å². The van der Waals surface area contributed by atoms with Crippen LogP contribution in [0.5, 0.6) is 0 Å². The van der Waals surface area contributed by atoms with Crippen molar-refractivity contribution in [1.29, 1.82) is 0 Å². The van der Waals surface area contributed by atoms with Gasteiger partial charge in [0.05, 0.1) is 5.75 Å². The first kappa shape index (κ1) is 13.7. The van der Waals surface area contributed by atoms with Gasteiger partial charge in [0, 0.05) is 17.2 Å². The standard InChI is InChI=1S/C14H15NO3S/c1-8-3-11-10(6-19-7-13(15)16)5-14(17)18-12(11)4-9(8)2/h3-5H,6-7H2,1-2H3,(H2,15,16). The molecule has 0 saturated heterocycles. The molecule has 0 atom stereocenters. The lowest BCUT2D eigenvalue weighted by molar-refractivity contribution is -0.115. The molecule has 0 saturated carbocycles. The van der Waals surface area contributed by atoms with Gasteiger partial charge >= 0.3 is 5.63 Å². The molecule has 1 amide bonds. The molecular formula is C14H15NO3S. The Kier molecular flexibility index (Phi) is 3.95. The van der Waals surface area contributed by atoms with E-state index in [2.05, 4.69) is 0 Å². The van der Waals surface area contributed by atoms with Gasteiger partial charge in [-0.3, -0.25) is 4.79 Å². The number of carbonyl (C=O) groups is 1. The Labute approximate surface area is 115 Å². The smallest absolute Gasteiger partial charge is 0.336 e. The third-order valence-corrected chi connectivity index (χ3v) is 3.95. The number of nitrogens with two attached hydrogens (primary N) is 1. The third kappa shape index (κ3) is 3.17. The molecule has 0 unspecified atom stereocenters. The number of amides is 1. The Morgan fingerprint density at radius 1 is 1.26 bits per heavy atom. The molecule has 2 N–H and O–H groups in total. The summed E-state index contributed by atoms with van der Waals surface area (Å²) >= 11 is 1.39. The maximum Gasteiger partial charge on any atom is 0.336 e. The summed E-state index contributed by atoms with van der Waals surface area (Å²) in [5.41, 5.74) is 8.42. The molecule has 1 heterocycles. The predicted octanol–water partition coefficient (Wildman–Crippen LogP) is 2.13. The number of benzene rings is 1. The minimum absolute atomic E-state index is 0.243. The first-order chi connectivity index (χ1) is 8.97. The minimum atomic E-state index is -0.370. The van der Waals surface area contributed by atoms with Crippen LogP contribution in [0, 0.1) is 13.8 Å². The fourth-order valence-corrected chi connectivity index (χ4v) is 2.63. The van der Waals surface area contributed by atoms with Gasteiger partial charge < -0.3 is 10.2 Å². The average Bonchev–Trinajstić information content (AvgIpc) is 2.31. The number of fused-ring (bicyclic) bond motifs is 1. The maximum atomic E-state index is 11.5. The van der Waals surface area contributed by atoms with Crippen LogP contribution < -0.4 is 11.4 Å². The number of hydrogen-bond acceptors (Lipinski definition) is 4. The van der Waals surface area contributed by atoms with Gasteiger partial charge in [-0.1, -0.05) is 0 Å². The molecule has 0 aliphatic heterocycles. The Balaban J connectivity index is 2.44. The third-order valence-electron chi connectivity index (χ3n) is 2.95. The molecule has 0 bridgehead atoms. The molecule has 0 aliphatic carbocycles. The molecule has 2 rings (SSSR count). The van der Waals surface area contributed by atoms with Crippen molar-refractivity contribution in [2.75, 3.05) is 5.75 Å². The topological polar surface area (TPSA) is 73.3 Å². The Hall–Kier alpha value is -1.75. The van der Waals surface area contributed by atoms with Gasteiger partial charge in [-0.25, -0.2) is 4.79 Å². The lowest BCUT2D eigenvalue weighted by Gasteiger charge is -2.07. The van der Waals surface area contributed by atoms with Crippen LogP contribution in [-0.2, 0) is 10.5 Å². The highest BCUT2D eigenvalue weighted by atomic mass is 32.2. The largest absolute Gasteiger partial charge is 0.423 e. The predicted molar refractivity (Wildman–Crippen MR) is 77.3 cm³/mol. The SMILES string of the molecule is Cc1cc2oc(=O)cc(CSCC(N)=O)c2cc1C. The summed E-state index contributed by atoms with van der Waals surface area (Å²) in [6.07, 6.45) is 0. The van der Waals surface area contributed by atoms with Crippen LogP contribution >= 0.6 is 11.8 Å². The molecule has 0 radical (unpaired) electrons. The minimum Gasteiger partial charge on any atom is -0.423 e. The van der Waals surface area contributed by atoms with Gasteiger partial charge in [-0.15, -0.1) is 11.8 Å². The van der Waals surface area contributed by atoms with E-state index in [-0.39, 0.29) is 17.3 Å². The van der Waals surface area contributed by atoms with E-state index in [1.165, 1.54) is 17.8 Å². The number of hydrogen-bond donors (Lipinski definition) is 1. The van der Waals surface area contributed by atoms with E-state index in [1.54, 1.807) is 0 Å². The van der Waals surface area contributed by atoms with Crippen molar-refractivity contribution in [3.05, 3.63) is 45.3 Å². The maximum absolute atomic E-state index is 11.5. The highest BCUT2D eigenvalue weighted by Crippen LogP contribution is 2.24. The van der Waals surface area contributed by atoms with E-state index in [9.17, 15) is 9.59 Å². The first-order valence-corrected chi connectivity index (χ1v) is 7.03. The highest BCUT2D eigenvalue weighted by molar-refractivity contribution is 7.99. The zero-order valence-electron chi connectivity index (χ0n) is 10.9. The van der Waals surface area contributed by atoms with Crippen LogP contribution in [0.2, 0.25) is 0 Å². The van der Waals surface area contributed by atoms with Crippen molar-refractivity contribution in [3.63, 3.8) is 0 Å². The molecule has 1 aromatic heterocycles. The summed E-state index contributed by atoms with van der Waals surface area (Å²) in [6.45, 7) is 3.99. The monoisotopic (exact) mass is 277 g/mol. The van der Waals surface area contributed by atoms with Crippen molar-refractivity contribution in [3.8, 4) is 0 Å². The molecule has 4 nitrogen and oxygen atoms in total. The second-order valence-corrected chi connectivity index (χ2v) is 5.47. The van der Waals surface area contributed by atoms with Crippen molar-refractivity contribution >= 4 is 28.6 Å².